The van der Waals surface area contributed by atoms with Crippen molar-refractivity contribution in [2.75, 3.05) is 4.90 Å². The molecule has 6 rings (SSSR count). The van der Waals surface area contributed by atoms with Crippen LogP contribution in [0, 0.1) is 13.8 Å². The van der Waals surface area contributed by atoms with E-state index in [4.69, 9.17) is 13.8 Å². The topological polar surface area (TPSA) is 93.1 Å². The molecule has 210 valence electrons. The molecule has 0 aliphatic carbocycles. The molecule has 7 nitrogen and oxygen atoms in total. The van der Waals surface area contributed by atoms with Crippen molar-refractivity contribution < 1.29 is 26.8 Å². The van der Waals surface area contributed by atoms with Crippen molar-refractivity contribution in [2.45, 2.75) is 20.0 Å². The molecule has 0 radical (unpaired) electrons. The van der Waals surface area contributed by atoms with Crippen LogP contribution in [-0.2, 0) is 11.0 Å². The van der Waals surface area contributed by atoms with E-state index in [1.54, 1.807) is 50.2 Å². The van der Waals surface area contributed by atoms with Gasteiger partial charge in [-0.1, -0.05) is 12.1 Å². The largest absolute Gasteiger partial charge is 0.423 e. The monoisotopic (exact) mass is 588 g/mol. The van der Waals surface area contributed by atoms with Crippen LogP contribution in [0.3, 0.4) is 0 Å². The number of amides is 1. The first kappa shape index (κ1) is 27.3. The Morgan fingerprint density at radius 3 is 2.12 bits per heavy atom. The Morgan fingerprint density at radius 2 is 1.45 bits per heavy atom. The van der Waals surface area contributed by atoms with Crippen LogP contribution in [0.15, 0.2) is 101 Å². The second-order valence-corrected chi connectivity index (χ2v) is 10.6. The van der Waals surface area contributed by atoms with Crippen LogP contribution in [0.2, 0.25) is 0 Å². The SMILES string of the molecule is Cc1cc2oc(=O)ccc2cc1N=C1S/C(=C\c2cccc(C(F)(F)F)c2)C(=O)N1c1cc2ccc(=O)oc2cc1C. The van der Waals surface area contributed by atoms with Gasteiger partial charge >= 0.3 is 17.4 Å². The molecular formula is C31H19F3N2O5S. The van der Waals surface area contributed by atoms with Gasteiger partial charge in [0.15, 0.2) is 5.17 Å². The maximum atomic E-state index is 13.9. The summed E-state index contributed by atoms with van der Waals surface area (Å²) >= 11 is 1.02. The fourth-order valence-electron chi connectivity index (χ4n) is 4.59. The average molecular weight is 589 g/mol. The van der Waals surface area contributed by atoms with E-state index in [9.17, 15) is 27.6 Å². The van der Waals surface area contributed by atoms with Gasteiger partial charge < -0.3 is 8.83 Å². The van der Waals surface area contributed by atoms with Gasteiger partial charge in [0.25, 0.3) is 5.91 Å². The van der Waals surface area contributed by atoms with Crippen molar-refractivity contribution in [3.8, 4) is 0 Å². The number of anilines is 1. The summed E-state index contributed by atoms with van der Waals surface area (Å²) in [5, 5.41) is 1.45. The second-order valence-electron chi connectivity index (χ2n) is 9.63. The standard InChI is InChI=1S/C31H19F3N2O5S/c1-16-10-24-19(6-8-27(37)40-24)14-22(16)35-30-36(23-15-20-7-9-28(38)41-25(20)11-17(23)2)29(39)26(42-30)13-18-4-3-5-21(12-18)31(32,33)34/h3-15H,1-2H3/b26-13-,35-30?. The number of nitrogens with zero attached hydrogens (tertiary/aromatic N) is 2. The molecule has 3 heterocycles. The molecule has 0 bridgehead atoms. The summed E-state index contributed by atoms with van der Waals surface area (Å²) in [6, 6.07) is 17.2. The number of alkyl halides is 3. The lowest BCUT2D eigenvalue weighted by Crippen LogP contribution is -2.29. The lowest BCUT2D eigenvalue weighted by atomic mass is 10.1. The van der Waals surface area contributed by atoms with Gasteiger partial charge in [-0.15, -0.1) is 0 Å². The first-order valence-electron chi connectivity index (χ1n) is 12.6. The number of aliphatic imine (C=N–C) groups is 1. The maximum absolute atomic E-state index is 13.9. The molecule has 1 aliphatic heterocycles. The summed E-state index contributed by atoms with van der Waals surface area (Å²) < 4.78 is 50.6. The lowest BCUT2D eigenvalue weighted by Gasteiger charge is -2.19. The molecule has 3 aromatic carbocycles. The molecule has 0 saturated carbocycles. The van der Waals surface area contributed by atoms with E-state index in [0.717, 1.165) is 23.9 Å². The molecule has 0 spiro atoms. The van der Waals surface area contributed by atoms with Crippen molar-refractivity contribution in [2.24, 2.45) is 4.99 Å². The Bertz CT molecular complexity index is 2110. The lowest BCUT2D eigenvalue weighted by molar-refractivity contribution is -0.137. The molecule has 11 heteroatoms. The number of amidine groups is 1. The predicted octanol–water partition coefficient (Wildman–Crippen LogP) is 7.34. The van der Waals surface area contributed by atoms with Gasteiger partial charge in [-0.3, -0.25) is 9.69 Å². The summed E-state index contributed by atoms with van der Waals surface area (Å²) in [5.74, 6) is -0.486. The van der Waals surface area contributed by atoms with Gasteiger partial charge in [0.1, 0.15) is 11.2 Å². The third-order valence-corrected chi connectivity index (χ3v) is 7.62. The second kappa shape index (κ2) is 10.2. The number of fused-ring (bicyclic) bond motifs is 2. The van der Waals surface area contributed by atoms with E-state index in [1.807, 2.05) is 0 Å². The fourth-order valence-corrected chi connectivity index (χ4v) is 5.58. The Hall–Kier alpha value is -4.90. The fraction of sp³-hybridized carbons (Fsp3) is 0.0968. The summed E-state index contributed by atoms with van der Waals surface area (Å²) in [5.41, 5.74) is 1.33. The Labute approximate surface area is 239 Å². The Kier molecular flexibility index (Phi) is 6.61. The van der Waals surface area contributed by atoms with E-state index in [-0.39, 0.29) is 15.6 Å². The van der Waals surface area contributed by atoms with Gasteiger partial charge in [-0.2, -0.15) is 13.2 Å². The van der Waals surface area contributed by atoms with E-state index in [1.165, 1.54) is 35.2 Å². The zero-order chi connectivity index (χ0) is 29.8. The minimum atomic E-state index is -4.54. The number of halogens is 3. The third-order valence-electron chi connectivity index (χ3n) is 6.65. The number of carbonyl (C=O) groups excluding carboxylic acids is 1. The van der Waals surface area contributed by atoms with Crippen LogP contribution in [0.5, 0.6) is 0 Å². The van der Waals surface area contributed by atoms with E-state index in [2.05, 4.69) is 0 Å². The van der Waals surface area contributed by atoms with Crippen LogP contribution in [-0.4, -0.2) is 11.1 Å². The van der Waals surface area contributed by atoms with Crippen molar-refractivity contribution >= 4 is 62.2 Å². The van der Waals surface area contributed by atoms with E-state index in [0.29, 0.717) is 44.4 Å². The van der Waals surface area contributed by atoms with Crippen molar-refractivity contribution in [1.29, 1.82) is 0 Å². The highest BCUT2D eigenvalue weighted by Crippen LogP contribution is 2.41. The molecular weight excluding hydrogens is 569 g/mol. The molecule has 0 atom stereocenters. The molecule has 42 heavy (non-hydrogen) atoms. The predicted molar refractivity (Wildman–Crippen MR) is 156 cm³/mol. The molecule has 5 aromatic rings. The van der Waals surface area contributed by atoms with Crippen molar-refractivity contribution in [3.63, 3.8) is 0 Å². The minimum absolute atomic E-state index is 0.164. The number of benzene rings is 3. The maximum Gasteiger partial charge on any atom is 0.416 e. The van der Waals surface area contributed by atoms with Gasteiger partial charge in [0, 0.05) is 22.9 Å². The number of thioether (sulfide) groups is 1. The molecule has 0 unspecified atom stereocenters. The van der Waals surface area contributed by atoms with Crippen molar-refractivity contribution in [1.82, 2.24) is 0 Å². The number of hydrogen-bond acceptors (Lipinski definition) is 7. The first-order valence-corrected chi connectivity index (χ1v) is 13.4. The summed E-state index contributed by atoms with van der Waals surface area (Å²) in [6.07, 6.45) is -3.14. The Balaban J connectivity index is 1.52. The van der Waals surface area contributed by atoms with Gasteiger partial charge in [-0.05, 0) is 96.9 Å². The summed E-state index contributed by atoms with van der Waals surface area (Å²) in [6.45, 7) is 3.52. The van der Waals surface area contributed by atoms with Gasteiger partial charge in [0.2, 0.25) is 0 Å². The van der Waals surface area contributed by atoms with Crippen LogP contribution < -0.4 is 16.2 Å². The number of rotatable bonds is 3. The minimum Gasteiger partial charge on any atom is -0.423 e. The highest BCUT2D eigenvalue weighted by Gasteiger charge is 2.36. The van der Waals surface area contributed by atoms with Crippen molar-refractivity contribution in [3.05, 3.63) is 121 Å². The van der Waals surface area contributed by atoms with Crippen LogP contribution >= 0.6 is 11.8 Å². The van der Waals surface area contributed by atoms with Gasteiger partial charge in [0.05, 0.1) is 21.8 Å². The number of hydrogen-bond donors (Lipinski definition) is 0. The molecule has 1 saturated heterocycles. The zero-order valence-corrected chi connectivity index (χ0v) is 22.8. The smallest absolute Gasteiger partial charge is 0.416 e. The molecule has 1 amide bonds. The highest BCUT2D eigenvalue weighted by atomic mass is 32.2. The first-order chi connectivity index (χ1) is 20.0. The Morgan fingerprint density at radius 1 is 0.810 bits per heavy atom. The van der Waals surface area contributed by atoms with Crippen LogP contribution in [0.25, 0.3) is 28.0 Å². The van der Waals surface area contributed by atoms with Crippen LogP contribution in [0.4, 0.5) is 24.5 Å². The number of aryl methyl sites for hydroxylation is 2. The summed E-state index contributed by atoms with van der Waals surface area (Å²) in [7, 11) is 0. The summed E-state index contributed by atoms with van der Waals surface area (Å²) in [4.78, 5) is 43.6. The van der Waals surface area contributed by atoms with E-state index >= 15 is 0 Å². The van der Waals surface area contributed by atoms with E-state index < -0.39 is 28.9 Å². The average Bonchev–Trinajstić information content (AvgIpc) is 3.22. The highest BCUT2D eigenvalue weighted by molar-refractivity contribution is 8.19. The zero-order valence-electron chi connectivity index (χ0n) is 22.0. The van der Waals surface area contributed by atoms with Gasteiger partial charge in [-0.25, -0.2) is 14.6 Å². The normalized spacial score (nSPS) is 15.9. The quantitative estimate of drug-likeness (QED) is 0.162. The molecule has 1 fully saturated rings. The molecule has 2 aromatic heterocycles. The third kappa shape index (κ3) is 5.14. The van der Waals surface area contributed by atoms with Crippen LogP contribution in [0.1, 0.15) is 22.3 Å². The molecule has 0 N–H and O–H groups in total. The number of carbonyl (C=O) groups is 1. The molecule has 1 aliphatic rings.